The van der Waals surface area contributed by atoms with Gasteiger partial charge in [-0.25, -0.2) is 8.42 Å². The predicted molar refractivity (Wildman–Crippen MR) is 113 cm³/mol. The Bertz CT molecular complexity index is 972. The van der Waals surface area contributed by atoms with Gasteiger partial charge in [-0.2, -0.15) is 4.31 Å². The number of benzene rings is 1. The number of hydrogen-bond donors (Lipinski definition) is 2. The molecule has 1 aromatic carbocycles. The number of sulfonamides is 1. The molecule has 30 heavy (non-hydrogen) atoms. The molecule has 1 fully saturated rings. The first-order chi connectivity index (χ1) is 14.4. The summed E-state index contributed by atoms with van der Waals surface area (Å²) < 4.78 is 31.0. The number of nitrogens with zero attached hydrogens (tertiary/aromatic N) is 1. The number of rotatable bonds is 9. The van der Waals surface area contributed by atoms with Crippen LogP contribution >= 0.6 is 0 Å². The van der Waals surface area contributed by atoms with Crippen LogP contribution in [0.5, 0.6) is 0 Å². The highest BCUT2D eigenvalue weighted by molar-refractivity contribution is 7.89. The zero-order valence-electron chi connectivity index (χ0n) is 17.0. The lowest BCUT2D eigenvalue weighted by Crippen LogP contribution is -2.47. The number of nitrogens with one attached hydrogen (secondary N) is 2. The van der Waals surface area contributed by atoms with Crippen LogP contribution in [-0.4, -0.2) is 42.9 Å². The molecule has 162 valence electrons. The SMILES string of the molecule is CCCC[C@@H](C(=O)NCc1cccc(NC(=O)c2ccco2)c1)N1CCCS1(=O)=O. The van der Waals surface area contributed by atoms with E-state index in [9.17, 15) is 18.0 Å². The molecule has 1 atom stereocenters. The van der Waals surface area contributed by atoms with Gasteiger partial charge in [-0.05, 0) is 42.7 Å². The first kappa shape index (κ1) is 22.0. The van der Waals surface area contributed by atoms with E-state index in [4.69, 9.17) is 4.42 Å². The average molecular weight is 434 g/mol. The van der Waals surface area contributed by atoms with Gasteiger partial charge in [-0.3, -0.25) is 9.59 Å². The van der Waals surface area contributed by atoms with Crippen molar-refractivity contribution in [1.29, 1.82) is 0 Å². The van der Waals surface area contributed by atoms with Crippen molar-refractivity contribution >= 4 is 27.5 Å². The molecule has 1 aliphatic rings. The second-order valence-corrected chi connectivity index (χ2v) is 9.33. The van der Waals surface area contributed by atoms with Gasteiger partial charge in [-0.15, -0.1) is 0 Å². The molecule has 2 heterocycles. The minimum Gasteiger partial charge on any atom is -0.459 e. The molecule has 1 saturated heterocycles. The summed E-state index contributed by atoms with van der Waals surface area (Å²) in [6.45, 7) is 2.63. The molecule has 3 rings (SSSR count). The van der Waals surface area contributed by atoms with Crippen LogP contribution in [0.3, 0.4) is 0 Å². The second-order valence-electron chi connectivity index (χ2n) is 7.29. The van der Waals surface area contributed by atoms with Crippen molar-refractivity contribution in [3.8, 4) is 0 Å². The monoisotopic (exact) mass is 433 g/mol. The predicted octanol–water partition coefficient (Wildman–Crippen LogP) is 2.74. The first-order valence-electron chi connectivity index (χ1n) is 10.1. The van der Waals surface area contributed by atoms with Gasteiger partial charge in [0.25, 0.3) is 5.91 Å². The molecule has 0 spiro atoms. The van der Waals surface area contributed by atoms with Crippen LogP contribution in [-0.2, 0) is 21.4 Å². The van der Waals surface area contributed by atoms with E-state index >= 15 is 0 Å². The fourth-order valence-electron chi connectivity index (χ4n) is 3.48. The Morgan fingerprint density at radius 3 is 2.73 bits per heavy atom. The Kier molecular flexibility index (Phi) is 7.28. The van der Waals surface area contributed by atoms with Gasteiger partial charge in [0, 0.05) is 18.8 Å². The van der Waals surface area contributed by atoms with Crippen molar-refractivity contribution < 1.29 is 22.4 Å². The van der Waals surface area contributed by atoms with Gasteiger partial charge >= 0.3 is 0 Å². The molecule has 0 saturated carbocycles. The Balaban J connectivity index is 1.63. The molecule has 0 bridgehead atoms. The fourth-order valence-corrected chi connectivity index (χ4v) is 5.20. The maximum absolute atomic E-state index is 12.8. The van der Waals surface area contributed by atoms with Gasteiger partial charge in [0.2, 0.25) is 15.9 Å². The minimum atomic E-state index is -3.37. The van der Waals surface area contributed by atoms with E-state index in [1.165, 1.54) is 10.6 Å². The summed E-state index contributed by atoms with van der Waals surface area (Å²) in [6, 6.07) is 9.63. The van der Waals surface area contributed by atoms with Crippen LogP contribution < -0.4 is 10.6 Å². The first-order valence-corrected chi connectivity index (χ1v) is 11.7. The lowest BCUT2D eigenvalue weighted by atomic mass is 10.1. The van der Waals surface area contributed by atoms with E-state index in [0.29, 0.717) is 25.1 Å². The largest absolute Gasteiger partial charge is 0.459 e. The summed E-state index contributed by atoms with van der Waals surface area (Å²) >= 11 is 0. The molecule has 0 radical (unpaired) electrons. The third-order valence-electron chi connectivity index (χ3n) is 5.02. The van der Waals surface area contributed by atoms with E-state index < -0.39 is 16.1 Å². The number of anilines is 1. The van der Waals surface area contributed by atoms with E-state index in [1.54, 1.807) is 30.3 Å². The lowest BCUT2D eigenvalue weighted by molar-refractivity contribution is -0.125. The van der Waals surface area contributed by atoms with Gasteiger partial charge in [0.05, 0.1) is 12.0 Å². The van der Waals surface area contributed by atoms with Crippen molar-refractivity contribution in [2.45, 2.75) is 45.2 Å². The maximum atomic E-state index is 12.8. The number of hydrogen-bond acceptors (Lipinski definition) is 5. The molecule has 1 aromatic heterocycles. The smallest absolute Gasteiger partial charge is 0.291 e. The van der Waals surface area contributed by atoms with Crippen molar-refractivity contribution in [2.75, 3.05) is 17.6 Å². The van der Waals surface area contributed by atoms with Crippen molar-refractivity contribution in [3.63, 3.8) is 0 Å². The highest BCUT2D eigenvalue weighted by atomic mass is 32.2. The van der Waals surface area contributed by atoms with Crippen LogP contribution in [0.1, 0.15) is 48.7 Å². The Morgan fingerprint density at radius 1 is 1.23 bits per heavy atom. The summed E-state index contributed by atoms with van der Waals surface area (Å²) in [7, 11) is -3.37. The Hall–Kier alpha value is -2.65. The molecule has 2 aromatic rings. The van der Waals surface area contributed by atoms with Gasteiger partial charge in [0.1, 0.15) is 6.04 Å². The summed E-state index contributed by atoms with van der Waals surface area (Å²) in [5.74, 6) is -0.348. The molecule has 2 N–H and O–H groups in total. The summed E-state index contributed by atoms with van der Waals surface area (Å²) in [4.78, 5) is 24.9. The average Bonchev–Trinajstić information content (AvgIpc) is 3.37. The van der Waals surface area contributed by atoms with Crippen molar-refractivity contribution in [1.82, 2.24) is 9.62 Å². The summed E-state index contributed by atoms with van der Waals surface area (Å²) in [5, 5.41) is 5.60. The van der Waals surface area contributed by atoms with Gasteiger partial charge < -0.3 is 15.1 Å². The van der Waals surface area contributed by atoms with Crippen molar-refractivity contribution in [2.24, 2.45) is 0 Å². The molecular weight excluding hydrogens is 406 g/mol. The van der Waals surface area contributed by atoms with E-state index in [0.717, 1.165) is 18.4 Å². The molecule has 0 unspecified atom stereocenters. The van der Waals surface area contributed by atoms with Crippen LogP contribution in [0.25, 0.3) is 0 Å². The molecule has 9 heteroatoms. The topological polar surface area (TPSA) is 109 Å². The second kappa shape index (κ2) is 9.90. The van der Waals surface area contributed by atoms with Crippen LogP contribution in [0.15, 0.2) is 47.1 Å². The molecule has 8 nitrogen and oxygen atoms in total. The quantitative estimate of drug-likeness (QED) is 0.632. The zero-order chi connectivity index (χ0) is 21.6. The van der Waals surface area contributed by atoms with E-state index in [-0.39, 0.29) is 29.9 Å². The molecule has 1 aliphatic heterocycles. The number of carbonyl (C=O) groups excluding carboxylic acids is 2. The highest BCUT2D eigenvalue weighted by Crippen LogP contribution is 2.21. The van der Waals surface area contributed by atoms with Gasteiger partial charge in [-0.1, -0.05) is 31.9 Å². The Morgan fingerprint density at radius 2 is 2.07 bits per heavy atom. The number of carbonyl (C=O) groups is 2. The van der Waals surface area contributed by atoms with Crippen LogP contribution in [0.2, 0.25) is 0 Å². The third-order valence-corrected chi connectivity index (χ3v) is 6.97. The van der Waals surface area contributed by atoms with Gasteiger partial charge in [0.15, 0.2) is 5.76 Å². The molecule has 2 amide bonds. The van der Waals surface area contributed by atoms with E-state index in [1.807, 2.05) is 13.0 Å². The summed E-state index contributed by atoms with van der Waals surface area (Å²) in [6.07, 6.45) is 4.14. The minimum absolute atomic E-state index is 0.0975. The van der Waals surface area contributed by atoms with Crippen molar-refractivity contribution in [3.05, 3.63) is 54.0 Å². The normalized spacial score (nSPS) is 16.8. The summed E-state index contributed by atoms with van der Waals surface area (Å²) in [5.41, 5.74) is 1.37. The zero-order valence-corrected chi connectivity index (χ0v) is 17.8. The van der Waals surface area contributed by atoms with Crippen LogP contribution in [0.4, 0.5) is 5.69 Å². The lowest BCUT2D eigenvalue weighted by Gasteiger charge is -2.25. The number of amides is 2. The number of unbranched alkanes of at least 4 members (excludes halogenated alkanes) is 1. The molecule has 0 aliphatic carbocycles. The highest BCUT2D eigenvalue weighted by Gasteiger charge is 2.37. The van der Waals surface area contributed by atoms with Crippen LogP contribution in [0, 0.1) is 0 Å². The molecular formula is C21H27N3O5S. The van der Waals surface area contributed by atoms with E-state index in [2.05, 4.69) is 10.6 Å². The number of furan rings is 1. The standard InChI is InChI=1S/C21H27N3O5S/c1-2-3-9-18(24-11-6-13-30(24,27)28)20(25)22-15-16-7-4-8-17(14-16)23-21(26)19-10-5-12-29-19/h4-5,7-8,10,12,14,18H,2-3,6,9,11,13,15H2,1H3,(H,22,25)(H,23,26)/t18-/m0/s1. The maximum Gasteiger partial charge on any atom is 0.291 e. The Labute approximate surface area is 176 Å². The fraction of sp³-hybridized carbons (Fsp3) is 0.429. The third kappa shape index (κ3) is 5.48.